The highest BCUT2D eigenvalue weighted by Gasteiger charge is 2.06. The number of nitrogens with one attached hydrogen (secondary N) is 1. The molecule has 3 nitrogen and oxygen atoms in total. The van der Waals surface area contributed by atoms with Gasteiger partial charge in [0.1, 0.15) is 5.82 Å². The number of aromatic nitrogens is 3. The van der Waals surface area contributed by atoms with Crippen LogP contribution in [0.2, 0.25) is 0 Å². The molecule has 0 atom stereocenters. The molecule has 3 aromatic rings. The summed E-state index contributed by atoms with van der Waals surface area (Å²) in [5.74, 6) is 0.850. The normalized spacial score (nSPS) is 11.0. The Bertz CT molecular complexity index is 691. The molecule has 2 aromatic heterocycles. The Hall–Kier alpha value is -1.33. The summed E-state index contributed by atoms with van der Waals surface area (Å²) in [6, 6.07) is 10.3. The molecule has 2 heterocycles. The van der Waals surface area contributed by atoms with Crippen molar-refractivity contribution in [3.05, 3.63) is 41.0 Å². The molecule has 0 spiro atoms. The lowest BCUT2D eigenvalue weighted by molar-refractivity contribution is 1.29. The minimum Gasteiger partial charge on any atom is -0.337 e. The highest BCUT2D eigenvalue weighted by molar-refractivity contribution is 9.10. The summed E-state index contributed by atoms with van der Waals surface area (Å²) in [6.45, 7) is 0. The fourth-order valence-electron chi connectivity index (χ4n) is 1.76. The summed E-state index contributed by atoms with van der Waals surface area (Å²) >= 11 is 5.13. The molecular formula is C13H10BrN3S. The molecular weight excluding hydrogens is 310 g/mol. The lowest BCUT2D eigenvalue weighted by atomic mass is 10.2. The number of imidazole rings is 1. The van der Waals surface area contributed by atoms with Crippen LogP contribution in [0.1, 0.15) is 0 Å². The number of fused-ring (bicyclic) bond motifs is 1. The molecule has 0 saturated heterocycles. The fraction of sp³-hybridized carbons (Fsp3) is 0.0769. The number of aromatic amines is 1. The zero-order valence-electron chi connectivity index (χ0n) is 9.64. The number of thioether (sulfide) groups is 1. The molecule has 0 fully saturated rings. The van der Waals surface area contributed by atoms with Crippen molar-refractivity contribution in [1.29, 1.82) is 0 Å². The van der Waals surface area contributed by atoms with E-state index in [4.69, 9.17) is 0 Å². The van der Waals surface area contributed by atoms with E-state index in [1.165, 1.54) is 4.90 Å². The summed E-state index contributed by atoms with van der Waals surface area (Å²) in [5.41, 5.74) is 2.75. The first kappa shape index (κ1) is 11.7. The number of benzene rings is 1. The summed E-state index contributed by atoms with van der Waals surface area (Å²) in [4.78, 5) is 13.3. The molecule has 90 valence electrons. The second-order valence-electron chi connectivity index (χ2n) is 3.84. The van der Waals surface area contributed by atoms with E-state index in [-0.39, 0.29) is 0 Å². The van der Waals surface area contributed by atoms with Gasteiger partial charge >= 0.3 is 0 Å². The van der Waals surface area contributed by atoms with Gasteiger partial charge in [0, 0.05) is 21.1 Å². The lowest BCUT2D eigenvalue weighted by Crippen LogP contribution is -1.80. The molecule has 0 bridgehead atoms. The van der Waals surface area contributed by atoms with Gasteiger partial charge in [-0.05, 0) is 40.4 Å². The highest BCUT2D eigenvalue weighted by Crippen LogP contribution is 2.23. The van der Waals surface area contributed by atoms with Crippen molar-refractivity contribution < 1.29 is 0 Å². The van der Waals surface area contributed by atoms with Crippen LogP contribution >= 0.6 is 27.7 Å². The molecule has 0 unspecified atom stereocenters. The second-order valence-corrected chi connectivity index (χ2v) is 5.63. The van der Waals surface area contributed by atoms with E-state index < -0.39 is 0 Å². The SMILES string of the molecule is CSc1ccc(-c2nc3ncc(Br)cc3[nH]2)cc1. The Morgan fingerprint density at radius 1 is 1.22 bits per heavy atom. The van der Waals surface area contributed by atoms with Crippen LogP contribution in [0.4, 0.5) is 0 Å². The molecule has 0 radical (unpaired) electrons. The van der Waals surface area contributed by atoms with Gasteiger partial charge in [0.2, 0.25) is 0 Å². The monoisotopic (exact) mass is 319 g/mol. The molecule has 0 aliphatic heterocycles. The van der Waals surface area contributed by atoms with Gasteiger partial charge in [-0.1, -0.05) is 12.1 Å². The summed E-state index contributed by atoms with van der Waals surface area (Å²) in [5, 5.41) is 0. The number of hydrogen-bond acceptors (Lipinski definition) is 3. The molecule has 1 aromatic carbocycles. The molecule has 0 aliphatic carbocycles. The van der Waals surface area contributed by atoms with Gasteiger partial charge in [-0.25, -0.2) is 9.97 Å². The van der Waals surface area contributed by atoms with Crippen molar-refractivity contribution in [2.45, 2.75) is 4.90 Å². The van der Waals surface area contributed by atoms with Gasteiger partial charge in [-0.3, -0.25) is 0 Å². The Balaban J connectivity index is 2.07. The predicted octanol–water partition coefficient (Wildman–Crippen LogP) is 4.11. The van der Waals surface area contributed by atoms with Crippen LogP contribution in [-0.4, -0.2) is 21.2 Å². The topological polar surface area (TPSA) is 41.6 Å². The number of hydrogen-bond donors (Lipinski definition) is 1. The highest BCUT2D eigenvalue weighted by atomic mass is 79.9. The Morgan fingerprint density at radius 2 is 2.00 bits per heavy atom. The van der Waals surface area contributed by atoms with Gasteiger partial charge in [0.25, 0.3) is 0 Å². The van der Waals surface area contributed by atoms with Gasteiger partial charge in [0.05, 0.1) is 5.52 Å². The van der Waals surface area contributed by atoms with Gasteiger partial charge in [-0.2, -0.15) is 0 Å². The van der Waals surface area contributed by atoms with E-state index in [0.717, 1.165) is 27.0 Å². The van der Waals surface area contributed by atoms with E-state index in [2.05, 4.69) is 61.4 Å². The molecule has 5 heteroatoms. The average Bonchev–Trinajstić information content (AvgIpc) is 2.81. The maximum absolute atomic E-state index is 4.49. The summed E-state index contributed by atoms with van der Waals surface area (Å²) in [7, 11) is 0. The third kappa shape index (κ3) is 2.15. The van der Waals surface area contributed by atoms with Crippen molar-refractivity contribution in [1.82, 2.24) is 15.0 Å². The maximum Gasteiger partial charge on any atom is 0.178 e. The number of rotatable bonds is 2. The maximum atomic E-state index is 4.49. The fourth-order valence-corrected chi connectivity index (χ4v) is 2.50. The molecule has 3 rings (SSSR count). The minimum atomic E-state index is 0.738. The van der Waals surface area contributed by atoms with Crippen molar-refractivity contribution in [3.63, 3.8) is 0 Å². The Labute approximate surface area is 117 Å². The average molecular weight is 320 g/mol. The Morgan fingerprint density at radius 3 is 2.72 bits per heavy atom. The predicted molar refractivity (Wildman–Crippen MR) is 78.8 cm³/mol. The zero-order valence-corrected chi connectivity index (χ0v) is 12.0. The zero-order chi connectivity index (χ0) is 12.5. The molecule has 0 amide bonds. The van der Waals surface area contributed by atoms with Gasteiger partial charge < -0.3 is 4.98 Å². The number of nitrogens with zero attached hydrogens (tertiary/aromatic N) is 2. The third-order valence-corrected chi connectivity index (χ3v) is 3.84. The van der Waals surface area contributed by atoms with E-state index >= 15 is 0 Å². The lowest BCUT2D eigenvalue weighted by Gasteiger charge is -1.98. The number of H-pyrrole nitrogens is 1. The molecule has 0 aliphatic rings. The first-order valence-electron chi connectivity index (χ1n) is 5.42. The smallest absolute Gasteiger partial charge is 0.178 e. The van der Waals surface area contributed by atoms with Crippen molar-refractivity contribution in [2.24, 2.45) is 0 Å². The minimum absolute atomic E-state index is 0.738. The van der Waals surface area contributed by atoms with Crippen LogP contribution in [-0.2, 0) is 0 Å². The van der Waals surface area contributed by atoms with Crippen LogP contribution < -0.4 is 0 Å². The first-order valence-corrected chi connectivity index (χ1v) is 7.44. The first-order chi connectivity index (χ1) is 8.76. The number of pyridine rings is 1. The molecule has 1 N–H and O–H groups in total. The standard InChI is InChI=1S/C13H10BrN3S/c1-18-10-4-2-8(3-5-10)12-16-11-6-9(14)7-15-13(11)17-12/h2-7H,1H3,(H,15,16,17). The van der Waals surface area contributed by atoms with Crippen LogP contribution in [0.3, 0.4) is 0 Å². The van der Waals surface area contributed by atoms with Crippen molar-refractivity contribution in [3.8, 4) is 11.4 Å². The largest absolute Gasteiger partial charge is 0.337 e. The van der Waals surface area contributed by atoms with Crippen molar-refractivity contribution >= 4 is 38.9 Å². The number of halogens is 1. The van der Waals surface area contributed by atoms with Crippen molar-refractivity contribution in [2.75, 3.05) is 6.26 Å². The van der Waals surface area contributed by atoms with Crippen LogP contribution in [0, 0.1) is 0 Å². The summed E-state index contributed by atoms with van der Waals surface area (Å²) in [6.07, 6.45) is 3.82. The third-order valence-electron chi connectivity index (χ3n) is 2.67. The second kappa shape index (κ2) is 4.74. The van der Waals surface area contributed by atoms with Gasteiger partial charge in [0.15, 0.2) is 5.65 Å². The summed E-state index contributed by atoms with van der Waals surface area (Å²) < 4.78 is 0.947. The molecule has 18 heavy (non-hydrogen) atoms. The van der Waals surface area contributed by atoms with Gasteiger partial charge in [-0.15, -0.1) is 11.8 Å². The quantitative estimate of drug-likeness (QED) is 0.723. The van der Waals surface area contributed by atoms with E-state index in [1.54, 1.807) is 18.0 Å². The van der Waals surface area contributed by atoms with E-state index in [1.807, 2.05) is 6.07 Å². The van der Waals surface area contributed by atoms with Crippen LogP contribution in [0.15, 0.2) is 45.9 Å². The van der Waals surface area contributed by atoms with Crippen LogP contribution in [0.25, 0.3) is 22.6 Å². The van der Waals surface area contributed by atoms with Crippen LogP contribution in [0.5, 0.6) is 0 Å². The Kier molecular flexibility index (Phi) is 3.09. The molecule has 0 saturated carbocycles. The van der Waals surface area contributed by atoms with E-state index in [9.17, 15) is 0 Å². The van der Waals surface area contributed by atoms with E-state index in [0.29, 0.717) is 0 Å².